The van der Waals surface area contributed by atoms with Crippen LogP contribution in [-0.4, -0.2) is 91.4 Å². The molecular weight excluding hydrogens is 552 g/mol. The average Bonchev–Trinajstić information content (AvgIpc) is 3.46. The van der Waals surface area contributed by atoms with E-state index < -0.39 is 11.1 Å². The number of nitrogens with one attached hydrogen (secondary N) is 1. The minimum atomic E-state index is -0.839. The maximum Gasteiger partial charge on any atom is 0.328 e. The molecule has 0 spiro atoms. The van der Waals surface area contributed by atoms with Crippen LogP contribution in [0.4, 0.5) is 0 Å². The van der Waals surface area contributed by atoms with Crippen molar-refractivity contribution in [2.75, 3.05) is 44.9 Å². The summed E-state index contributed by atoms with van der Waals surface area (Å²) in [5.41, 5.74) is 5.76. The summed E-state index contributed by atoms with van der Waals surface area (Å²) < 4.78 is 10.2. The standard InChI is InChI=1S/C17H27NO2.C10H16N2O6S.CH5N/c1-4-9-14(3)18-16(17(19)20-5-2)13-12-15-10-7-6-8-11-15;13-8-11-3-1-2-9(11)10(14)17-4-6-19-7-5-18-12(15)16;1-2/h6-8,10-11,14,16,18H,4-5,9,12-13H2,1-3H3;8-9H,1-7H2;2H2,1H3. The number of thioether (sulfide) groups is 1. The van der Waals surface area contributed by atoms with Crippen LogP contribution in [0.1, 0.15) is 58.4 Å². The normalized spacial score (nSPS) is 15.2. The molecule has 234 valence electrons. The van der Waals surface area contributed by atoms with Gasteiger partial charge >= 0.3 is 11.9 Å². The SMILES string of the molecule is CCCC(C)NC(CCc1ccccc1)C(=O)OCC.CN.O=CN1CCCC1C(=O)OCCSCCO[N+](=O)[O-]. The van der Waals surface area contributed by atoms with Gasteiger partial charge in [0, 0.05) is 24.1 Å². The number of hydrogen-bond acceptors (Lipinski definition) is 11. The van der Waals surface area contributed by atoms with E-state index in [4.69, 9.17) is 9.47 Å². The molecule has 12 nitrogen and oxygen atoms in total. The first-order chi connectivity index (χ1) is 19.8. The Morgan fingerprint density at radius 3 is 2.46 bits per heavy atom. The van der Waals surface area contributed by atoms with Gasteiger partial charge in [-0.25, -0.2) is 4.79 Å². The Hall–Kier alpha value is -2.90. The number of nitrogens with zero attached hydrogens (tertiary/aromatic N) is 2. The second-order valence-corrected chi connectivity index (χ2v) is 10.2. The summed E-state index contributed by atoms with van der Waals surface area (Å²) in [4.78, 5) is 49.8. The molecule has 2 rings (SSSR count). The molecule has 1 heterocycles. The van der Waals surface area contributed by atoms with Crippen molar-refractivity contribution in [3.63, 3.8) is 0 Å². The number of nitrogens with two attached hydrogens (primary N) is 1. The van der Waals surface area contributed by atoms with Crippen molar-refractivity contribution in [1.82, 2.24) is 10.2 Å². The van der Waals surface area contributed by atoms with Gasteiger partial charge in [-0.2, -0.15) is 11.8 Å². The minimum Gasteiger partial charge on any atom is -0.465 e. The average molecular weight is 601 g/mol. The fourth-order valence-corrected chi connectivity index (χ4v) is 4.66. The lowest BCUT2D eigenvalue weighted by molar-refractivity contribution is -0.756. The Bertz CT molecular complexity index is 850. The Morgan fingerprint density at radius 2 is 1.85 bits per heavy atom. The first-order valence-corrected chi connectivity index (χ1v) is 15.2. The summed E-state index contributed by atoms with van der Waals surface area (Å²) >= 11 is 1.40. The molecular formula is C28H48N4O8S. The van der Waals surface area contributed by atoms with Gasteiger partial charge in [0.15, 0.2) is 0 Å². The molecule has 3 atom stereocenters. The molecule has 1 aromatic carbocycles. The molecule has 1 saturated heterocycles. The first-order valence-electron chi connectivity index (χ1n) is 14.1. The second kappa shape index (κ2) is 24.9. The van der Waals surface area contributed by atoms with Crippen LogP contribution >= 0.6 is 11.8 Å². The molecule has 1 amide bonds. The fraction of sp³-hybridized carbons (Fsp3) is 0.679. The molecule has 3 unspecified atom stereocenters. The molecule has 1 aliphatic heterocycles. The van der Waals surface area contributed by atoms with Crippen molar-refractivity contribution in [2.24, 2.45) is 5.73 Å². The quantitative estimate of drug-likeness (QED) is 0.0837. The van der Waals surface area contributed by atoms with Gasteiger partial charge in [0.05, 0.1) is 6.61 Å². The molecule has 0 radical (unpaired) electrons. The van der Waals surface area contributed by atoms with Gasteiger partial charge < -0.3 is 30.3 Å². The number of carbonyl (C=O) groups is 3. The maximum absolute atomic E-state index is 12.0. The number of likely N-dealkylation sites (tertiary alicyclic amines) is 1. The third kappa shape index (κ3) is 18.2. The lowest BCUT2D eigenvalue weighted by atomic mass is 10.0. The molecule has 41 heavy (non-hydrogen) atoms. The number of ether oxygens (including phenoxy) is 2. The molecule has 13 heteroatoms. The van der Waals surface area contributed by atoms with E-state index in [0.717, 1.165) is 32.1 Å². The smallest absolute Gasteiger partial charge is 0.328 e. The summed E-state index contributed by atoms with van der Waals surface area (Å²) in [6, 6.07) is 9.93. The highest BCUT2D eigenvalue weighted by atomic mass is 32.2. The van der Waals surface area contributed by atoms with Crippen LogP contribution in [0.3, 0.4) is 0 Å². The summed E-state index contributed by atoms with van der Waals surface area (Å²) in [5, 5.41) is 12.4. The summed E-state index contributed by atoms with van der Waals surface area (Å²) in [6.45, 7) is 7.40. The second-order valence-electron chi connectivity index (χ2n) is 9.02. The van der Waals surface area contributed by atoms with Gasteiger partial charge in [-0.3, -0.25) is 9.59 Å². The van der Waals surface area contributed by atoms with Gasteiger partial charge in [-0.05, 0) is 58.6 Å². The van der Waals surface area contributed by atoms with Crippen LogP contribution in [0, 0.1) is 10.1 Å². The molecule has 0 aliphatic carbocycles. The molecule has 0 bridgehead atoms. The molecule has 3 N–H and O–H groups in total. The van der Waals surface area contributed by atoms with Crippen molar-refractivity contribution in [3.8, 4) is 0 Å². The Kier molecular flexibility index (Phi) is 23.1. The lowest BCUT2D eigenvalue weighted by Gasteiger charge is -2.21. The maximum atomic E-state index is 12.0. The number of rotatable bonds is 18. The van der Waals surface area contributed by atoms with Crippen molar-refractivity contribution < 1.29 is 33.8 Å². The van der Waals surface area contributed by atoms with Crippen LogP contribution in [0.25, 0.3) is 0 Å². The zero-order valence-electron chi connectivity index (χ0n) is 24.8. The minimum absolute atomic E-state index is 0.0210. The molecule has 1 aromatic rings. The number of amides is 1. The van der Waals surface area contributed by atoms with Crippen LogP contribution in [0.2, 0.25) is 0 Å². The summed E-state index contributed by atoms with van der Waals surface area (Å²) in [6.07, 6.45) is 5.96. The number of esters is 2. The number of benzene rings is 1. The van der Waals surface area contributed by atoms with Gasteiger partial charge in [0.25, 0.3) is 5.09 Å². The third-order valence-corrected chi connectivity index (χ3v) is 6.85. The van der Waals surface area contributed by atoms with E-state index in [-0.39, 0.29) is 31.2 Å². The highest BCUT2D eigenvalue weighted by Gasteiger charge is 2.30. The lowest BCUT2D eigenvalue weighted by Crippen LogP contribution is -2.43. The van der Waals surface area contributed by atoms with Crippen molar-refractivity contribution in [3.05, 3.63) is 46.0 Å². The van der Waals surface area contributed by atoms with E-state index in [1.54, 1.807) is 0 Å². The van der Waals surface area contributed by atoms with Crippen LogP contribution in [0.5, 0.6) is 0 Å². The van der Waals surface area contributed by atoms with Gasteiger partial charge in [-0.1, -0.05) is 43.7 Å². The predicted octanol–water partition coefficient (Wildman–Crippen LogP) is 3.00. The van der Waals surface area contributed by atoms with Crippen LogP contribution in [0.15, 0.2) is 30.3 Å². The van der Waals surface area contributed by atoms with Crippen molar-refractivity contribution >= 4 is 30.1 Å². The summed E-state index contributed by atoms with van der Waals surface area (Å²) in [5.74, 6) is 0.487. The molecule has 1 fully saturated rings. The Balaban J connectivity index is 0.000000737. The predicted molar refractivity (Wildman–Crippen MR) is 160 cm³/mol. The molecule has 1 aliphatic rings. The first kappa shape index (κ1) is 38.1. The van der Waals surface area contributed by atoms with E-state index in [0.29, 0.717) is 43.5 Å². The highest BCUT2D eigenvalue weighted by Crippen LogP contribution is 2.16. The van der Waals surface area contributed by atoms with E-state index in [1.807, 2.05) is 25.1 Å². The van der Waals surface area contributed by atoms with Crippen molar-refractivity contribution in [2.45, 2.75) is 77.4 Å². The van der Waals surface area contributed by atoms with Gasteiger partial charge in [-0.15, -0.1) is 10.1 Å². The monoisotopic (exact) mass is 600 g/mol. The van der Waals surface area contributed by atoms with Gasteiger partial charge in [0.2, 0.25) is 6.41 Å². The highest BCUT2D eigenvalue weighted by molar-refractivity contribution is 7.99. The zero-order valence-corrected chi connectivity index (χ0v) is 25.6. The zero-order chi connectivity index (χ0) is 30.9. The largest absolute Gasteiger partial charge is 0.465 e. The Labute approximate surface area is 248 Å². The third-order valence-electron chi connectivity index (χ3n) is 5.94. The van der Waals surface area contributed by atoms with Crippen molar-refractivity contribution in [1.29, 1.82) is 0 Å². The fourth-order valence-electron chi connectivity index (χ4n) is 4.07. The Morgan fingerprint density at radius 1 is 1.17 bits per heavy atom. The van der Waals surface area contributed by atoms with Gasteiger partial charge in [0.1, 0.15) is 25.3 Å². The van der Waals surface area contributed by atoms with Crippen LogP contribution < -0.4 is 11.1 Å². The molecule has 0 saturated carbocycles. The summed E-state index contributed by atoms with van der Waals surface area (Å²) in [7, 11) is 1.50. The number of aryl methyl sites for hydroxylation is 1. The van der Waals surface area contributed by atoms with E-state index in [1.165, 1.54) is 29.3 Å². The van der Waals surface area contributed by atoms with E-state index >= 15 is 0 Å². The van der Waals surface area contributed by atoms with Crippen LogP contribution in [-0.2, 0) is 35.1 Å². The topological polar surface area (TPSA) is 163 Å². The van der Waals surface area contributed by atoms with E-state index in [2.05, 4.69) is 41.9 Å². The van der Waals surface area contributed by atoms with E-state index in [9.17, 15) is 24.5 Å². The number of hydrogen-bond donors (Lipinski definition) is 2. The number of carbonyl (C=O) groups excluding carboxylic acids is 3. The molecule has 0 aromatic heterocycles.